The van der Waals surface area contributed by atoms with Crippen LogP contribution in [0.5, 0.6) is 0 Å². The Labute approximate surface area is 141 Å². The van der Waals surface area contributed by atoms with E-state index < -0.39 is 11.9 Å². The zero-order chi connectivity index (χ0) is 16.9. The molecule has 1 aliphatic rings. The van der Waals surface area contributed by atoms with E-state index in [0.29, 0.717) is 11.3 Å². The molecular formula is C19H21N3O2. The highest BCUT2D eigenvalue weighted by atomic mass is 16.2. The quantitative estimate of drug-likeness (QED) is 0.888. The summed E-state index contributed by atoms with van der Waals surface area (Å²) in [5, 5.41) is 3.27. The normalized spacial score (nSPS) is 15.1. The first-order valence-corrected chi connectivity index (χ1v) is 8.15. The summed E-state index contributed by atoms with van der Waals surface area (Å²) in [6.07, 6.45) is 2.09. The third kappa shape index (κ3) is 3.56. The number of primary amides is 1. The van der Waals surface area contributed by atoms with E-state index in [1.807, 2.05) is 41.3 Å². The van der Waals surface area contributed by atoms with Gasteiger partial charge in [0.25, 0.3) is 0 Å². The number of carbonyl (C=O) groups is 2. The van der Waals surface area contributed by atoms with E-state index in [4.69, 9.17) is 5.73 Å². The summed E-state index contributed by atoms with van der Waals surface area (Å²) in [6, 6.07) is 16.1. The van der Waals surface area contributed by atoms with Crippen molar-refractivity contribution in [1.82, 2.24) is 4.90 Å². The van der Waals surface area contributed by atoms with Crippen LogP contribution in [0.2, 0.25) is 0 Å². The topological polar surface area (TPSA) is 75.4 Å². The van der Waals surface area contributed by atoms with Gasteiger partial charge >= 0.3 is 0 Å². The minimum atomic E-state index is -0.485. The molecule has 1 fully saturated rings. The van der Waals surface area contributed by atoms with Gasteiger partial charge in [-0.1, -0.05) is 36.4 Å². The van der Waals surface area contributed by atoms with Crippen molar-refractivity contribution in [3.63, 3.8) is 0 Å². The molecule has 3 rings (SSSR count). The number of hydrogen-bond donors (Lipinski definition) is 2. The summed E-state index contributed by atoms with van der Waals surface area (Å²) >= 11 is 0. The lowest BCUT2D eigenvalue weighted by Crippen LogP contribution is -2.36. The molecule has 0 aromatic heterocycles. The summed E-state index contributed by atoms with van der Waals surface area (Å²) in [7, 11) is 0. The molecule has 5 heteroatoms. The molecule has 1 atom stereocenters. The van der Waals surface area contributed by atoms with Gasteiger partial charge < -0.3 is 16.0 Å². The fraction of sp³-hybridized carbons (Fsp3) is 0.263. The van der Waals surface area contributed by atoms with Gasteiger partial charge in [0.1, 0.15) is 6.04 Å². The second-order valence-corrected chi connectivity index (χ2v) is 5.97. The zero-order valence-corrected chi connectivity index (χ0v) is 13.4. The molecule has 0 bridgehead atoms. The minimum absolute atomic E-state index is 0.0585. The molecule has 2 aromatic rings. The van der Waals surface area contributed by atoms with E-state index in [0.717, 1.165) is 31.5 Å². The van der Waals surface area contributed by atoms with Crippen molar-refractivity contribution in [2.75, 3.05) is 18.4 Å². The van der Waals surface area contributed by atoms with E-state index in [1.165, 1.54) is 0 Å². The Morgan fingerprint density at radius 1 is 1.00 bits per heavy atom. The summed E-state index contributed by atoms with van der Waals surface area (Å²) < 4.78 is 0. The average molecular weight is 323 g/mol. The standard InChI is InChI=1S/C19H21N3O2/c20-18(23)15-9-6-10-16(13-15)21-17(14-7-2-1-3-8-14)19(24)22-11-4-5-12-22/h1-3,6-10,13,17,21H,4-5,11-12H2,(H2,20,23)/t17-/m1/s1. The van der Waals surface area contributed by atoms with Crippen molar-refractivity contribution in [3.8, 4) is 0 Å². The molecule has 5 nitrogen and oxygen atoms in total. The number of nitrogens with zero attached hydrogens (tertiary/aromatic N) is 1. The molecule has 0 spiro atoms. The van der Waals surface area contributed by atoms with Gasteiger partial charge in [-0.2, -0.15) is 0 Å². The maximum Gasteiger partial charge on any atom is 0.249 e. The first kappa shape index (κ1) is 16.1. The maximum absolute atomic E-state index is 12.9. The Balaban J connectivity index is 1.88. The van der Waals surface area contributed by atoms with E-state index in [-0.39, 0.29) is 5.91 Å². The lowest BCUT2D eigenvalue weighted by atomic mass is 10.0. The fourth-order valence-electron chi connectivity index (χ4n) is 2.98. The average Bonchev–Trinajstić information content (AvgIpc) is 3.15. The molecule has 0 saturated carbocycles. The van der Waals surface area contributed by atoms with Gasteiger partial charge in [-0.05, 0) is 36.6 Å². The highest BCUT2D eigenvalue weighted by Gasteiger charge is 2.27. The van der Waals surface area contributed by atoms with Gasteiger partial charge in [-0.3, -0.25) is 9.59 Å². The molecular weight excluding hydrogens is 302 g/mol. The second kappa shape index (κ2) is 7.17. The van der Waals surface area contributed by atoms with Gasteiger partial charge in [0.15, 0.2) is 0 Å². The van der Waals surface area contributed by atoms with Crippen molar-refractivity contribution in [3.05, 3.63) is 65.7 Å². The molecule has 1 aliphatic heterocycles. The van der Waals surface area contributed by atoms with Gasteiger partial charge in [0, 0.05) is 24.3 Å². The number of benzene rings is 2. The molecule has 2 aromatic carbocycles. The highest BCUT2D eigenvalue weighted by Crippen LogP contribution is 2.24. The molecule has 0 aliphatic carbocycles. The number of nitrogens with one attached hydrogen (secondary N) is 1. The minimum Gasteiger partial charge on any atom is -0.370 e. The lowest BCUT2D eigenvalue weighted by molar-refractivity contribution is -0.131. The number of amides is 2. The predicted octanol–water partition coefficient (Wildman–Crippen LogP) is 2.56. The summed E-state index contributed by atoms with van der Waals surface area (Å²) in [5.41, 5.74) is 7.36. The Morgan fingerprint density at radius 2 is 1.71 bits per heavy atom. The molecule has 0 unspecified atom stereocenters. The Hall–Kier alpha value is -2.82. The third-order valence-electron chi connectivity index (χ3n) is 4.26. The predicted molar refractivity (Wildman–Crippen MR) is 93.6 cm³/mol. The van der Waals surface area contributed by atoms with E-state index >= 15 is 0 Å². The number of rotatable bonds is 5. The fourth-order valence-corrected chi connectivity index (χ4v) is 2.98. The summed E-state index contributed by atoms with van der Waals surface area (Å²) in [4.78, 5) is 26.2. The van der Waals surface area contributed by atoms with Crippen LogP contribution in [0, 0.1) is 0 Å². The van der Waals surface area contributed by atoms with Crippen molar-refractivity contribution in [2.24, 2.45) is 5.73 Å². The SMILES string of the molecule is NC(=O)c1cccc(N[C@@H](C(=O)N2CCCC2)c2ccccc2)c1. The van der Waals surface area contributed by atoms with Crippen molar-refractivity contribution in [1.29, 1.82) is 0 Å². The van der Waals surface area contributed by atoms with E-state index in [1.54, 1.807) is 18.2 Å². The first-order chi connectivity index (χ1) is 11.6. The molecule has 1 heterocycles. The van der Waals surface area contributed by atoms with Crippen LogP contribution in [0.3, 0.4) is 0 Å². The van der Waals surface area contributed by atoms with E-state index in [2.05, 4.69) is 5.32 Å². The lowest BCUT2D eigenvalue weighted by Gasteiger charge is -2.25. The summed E-state index contributed by atoms with van der Waals surface area (Å²) in [6.45, 7) is 1.59. The van der Waals surface area contributed by atoms with Crippen LogP contribution in [0.4, 0.5) is 5.69 Å². The second-order valence-electron chi connectivity index (χ2n) is 5.97. The zero-order valence-electron chi connectivity index (χ0n) is 13.4. The molecule has 0 radical (unpaired) electrons. The van der Waals surface area contributed by atoms with Crippen LogP contribution in [0.15, 0.2) is 54.6 Å². The van der Waals surface area contributed by atoms with Crippen molar-refractivity contribution < 1.29 is 9.59 Å². The largest absolute Gasteiger partial charge is 0.370 e. The smallest absolute Gasteiger partial charge is 0.249 e. The highest BCUT2D eigenvalue weighted by molar-refractivity contribution is 5.94. The van der Waals surface area contributed by atoms with Crippen molar-refractivity contribution in [2.45, 2.75) is 18.9 Å². The van der Waals surface area contributed by atoms with Crippen LogP contribution in [0.25, 0.3) is 0 Å². The molecule has 2 amide bonds. The Kier molecular flexibility index (Phi) is 4.79. The summed E-state index contributed by atoms with van der Waals surface area (Å²) in [5.74, 6) is -0.427. The van der Waals surface area contributed by atoms with E-state index in [9.17, 15) is 9.59 Å². The van der Waals surface area contributed by atoms with Gasteiger partial charge in [0.2, 0.25) is 11.8 Å². The number of likely N-dealkylation sites (tertiary alicyclic amines) is 1. The number of hydrogen-bond acceptors (Lipinski definition) is 3. The number of carbonyl (C=O) groups excluding carboxylic acids is 2. The Bertz CT molecular complexity index is 724. The number of nitrogens with two attached hydrogens (primary N) is 1. The first-order valence-electron chi connectivity index (χ1n) is 8.15. The molecule has 1 saturated heterocycles. The molecule has 124 valence electrons. The Morgan fingerprint density at radius 3 is 2.38 bits per heavy atom. The van der Waals surface area contributed by atoms with Crippen LogP contribution in [-0.2, 0) is 4.79 Å². The maximum atomic E-state index is 12.9. The molecule has 24 heavy (non-hydrogen) atoms. The van der Waals surface area contributed by atoms with Crippen molar-refractivity contribution >= 4 is 17.5 Å². The van der Waals surface area contributed by atoms with Gasteiger partial charge in [-0.15, -0.1) is 0 Å². The molecule has 3 N–H and O–H groups in total. The van der Waals surface area contributed by atoms with Gasteiger partial charge in [0.05, 0.1) is 0 Å². The van der Waals surface area contributed by atoms with Crippen LogP contribution in [-0.4, -0.2) is 29.8 Å². The van der Waals surface area contributed by atoms with Gasteiger partial charge in [-0.25, -0.2) is 0 Å². The van der Waals surface area contributed by atoms with Crippen LogP contribution < -0.4 is 11.1 Å². The third-order valence-corrected chi connectivity index (χ3v) is 4.26. The monoisotopic (exact) mass is 323 g/mol. The van der Waals surface area contributed by atoms with Crippen LogP contribution >= 0.6 is 0 Å². The number of anilines is 1. The van der Waals surface area contributed by atoms with Crippen LogP contribution in [0.1, 0.15) is 34.8 Å².